The molecule has 0 spiro atoms. The molecule has 0 amide bonds. The predicted octanol–water partition coefficient (Wildman–Crippen LogP) is 6.04. The fourth-order valence-corrected chi connectivity index (χ4v) is 2.80. The van der Waals surface area contributed by atoms with Crippen LogP contribution in [-0.2, 0) is 10.3 Å². The lowest BCUT2D eigenvalue weighted by Crippen LogP contribution is -2.21. The molecular formula is C19H17Cl2NO. The molecule has 0 aliphatic rings. The number of benzene rings is 2. The third kappa shape index (κ3) is 4.33. The van der Waals surface area contributed by atoms with Gasteiger partial charge in [-0.25, -0.2) is 4.79 Å². The monoisotopic (exact) mass is 345 g/mol. The van der Waals surface area contributed by atoms with Crippen LogP contribution in [0.5, 0.6) is 0 Å². The van der Waals surface area contributed by atoms with Crippen molar-refractivity contribution < 1.29 is 4.79 Å². The second kappa shape index (κ2) is 8.12. The Morgan fingerprint density at radius 2 is 1.87 bits per heavy atom. The van der Waals surface area contributed by atoms with Gasteiger partial charge in [0.25, 0.3) is 0 Å². The van der Waals surface area contributed by atoms with Gasteiger partial charge in [0.15, 0.2) is 0 Å². The normalized spacial score (nSPS) is 13.5. The summed E-state index contributed by atoms with van der Waals surface area (Å²) in [5.41, 5.74) is 1.37. The van der Waals surface area contributed by atoms with E-state index < -0.39 is 5.54 Å². The first kappa shape index (κ1) is 17.5. The van der Waals surface area contributed by atoms with Gasteiger partial charge in [-0.05, 0) is 36.1 Å². The third-order valence-corrected chi connectivity index (χ3v) is 4.60. The second-order valence-corrected chi connectivity index (χ2v) is 6.05. The minimum atomic E-state index is -0.588. The number of halogens is 2. The first-order valence-corrected chi connectivity index (χ1v) is 8.13. The van der Waals surface area contributed by atoms with Gasteiger partial charge in [0, 0.05) is 0 Å². The molecule has 0 heterocycles. The van der Waals surface area contributed by atoms with Gasteiger partial charge in [-0.1, -0.05) is 78.7 Å². The molecule has 1 atom stereocenters. The van der Waals surface area contributed by atoms with Crippen molar-refractivity contribution in [2.75, 3.05) is 0 Å². The fraction of sp³-hybridized carbons (Fsp3) is 0.211. The minimum absolute atomic E-state index is 0.518. The van der Waals surface area contributed by atoms with Crippen molar-refractivity contribution in [3.63, 3.8) is 0 Å². The van der Waals surface area contributed by atoms with Gasteiger partial charge < -0.3 is 0 Å². The number of carbonyl (C=O) groups excluding carboxylic acids is 1. The molecule has 1 unspecified atom stereocenters. The van der Waals surface area contributed by atoms with E-state index in [2.05, 4.69) is 4.99 Å². The van der Waals surface area contributed by atoms with Crippen LogP contribution in [0.4, 0.5) is 0 Å². The summed E-state index contributed by atoms with van der Waals surface area (Å²) in [6, 6.07) is 15.3. The van der Waals surface area contributed by atoms with Gasteiger partial charge >= 0.3 is 0 Å². The van der Waals surface area contributed by atoms with Gasteiger partial charge in [0.05, 0.1) is 10.0 Å². The Kier molecular flexibility index (Phi) is 6.18. The zero-order valence-electron chi connectivity index (χ0n) is 12.8. The van der Waals surface area contributed by atoms with Gasteiger partial charge in [-0.3, -0.25) is 0 Å². The Bertz CT molecular complexity index is 736. The highest BCUT2D eigenvalue weighted by Crippen LogP contribution is 2.34. The summed E-state index contributed by atoms with van der Waals surface area (Å²) < 4.78 is 0. The molecule has 0 radical (unpaired) electrons. The lowest BCUT2D eigenvalue weighted by molar-refractivity contribution is 0.431. The number of rotatable bonds is 6. The van der Waals surface area contributed by atoms with E-state index in [4.69, 9.17) is 23.2 Å². The quantitative estimate of drug-likeness (QED) is 0.463. The molecule has 2 nitrogen and oxygen atoms in total. The summed E-state index contributed by atoms with van der Waals surface area (Å²) in [5, 5.41) is 1.05. The number of hydrogen-bond donors (Lipinski definition) is 0. The average Bonchev–Trinajstić information content (AvgIpc) is 2.58. The Morgan fingerprint density at radius 3 is 2.48 bits per heavy atom. The number of hydrogen-bond acceptors (Lipinski definition) is 2. The molecule has 0 bridgehead atoms. The molecular weight excluding hydrogens is 329 g/mol. The van der Waals surface area contributed by atoms with Crippen LogP contribution in [0.1, 0.15) is 30.9 Å². The van der Waals surface area contributed by atoms with Crippen LogP contribution < -0.4 is 0 Å². The van der Waals surface area contributed by atoms with Crippen molar-refractivity contribution in [1.29, 1.82) is 0 Å². The molecule has 0 aromatic heterocycles. The molecule has 4 heteroatoms. The highest BCUT2D eigenvalue weighted by Gasteiger charge is 2.28. The summed E-state index contributed by atoms with van der Waals surface area (Å²) >= 11 is 11.9. The number of isocyanates is 1. The molecule has 2 aromatic rings. The van der Waals surface area contributed by atoms with Crippen molar-refractivity contribution in [3.05, 3.63) is 75.8 Å². The van der Waals surface area contributed by atoms with Crippen LogP contribution in [-0.4, -0.2) is 6.08 Å². The summed E-state index contributed by atoms with van der Waals surface area (Å²) in [5.74, 6) is 0. The van der Waals surface area contributed by atoms with Crippen LogP contribution in [0.15, 0.2) is 59.6 Å². The molecule has 0 saturated carbocycles. The van der Waals surface area contributed by atoms with E-state index in [9.17, 15) is 4.79 Å². The first-order chi connectivity index (χ1) is 11.1. The molecule has 0 fully saturated rings. The molecule has 118 valence electrons. The topological polar surface area (TPSA) is 29.4 Å². The standard InChI is InChI=1S/C19H17Cl2NO/c1-2-19(22-14-23,16-8-4-3-5-9-16)12-6-7-15-10-11-17(20)18(21)13-15/h3-11,13H,2,12H2,1H3. The van der Waals surface area contributed by atoms with E-state index in [0.29, 0.717) is 22.9 Å². The lowest BCUT2D eigenvalue weighted by atomic mass is 9.84. The maximum atomic E-state index is 10.9. The van der Waals surface area contributed by atoms with E-state index in [-0.39, 0.29) is 0 Å². The summed E-state index contributed by atoms with van der Waals surface area (Å²) in [6.07, 6.45) is 6.98. The van der Waals surface area contributed by atoms with Crippen LogP contribution in [0.3, 0.4) is 0 Å². The first-order valence-electron chi connectivity index (χ1n) is 7.37. The van der Waals surface area contributed by atoms with E-state index in [0.717, 1.165) is 11.1 Å². The molecule has 2 rings (SSSR count). The van der Waals surface area contributed by atoms with Crippen LogP contribution in [0.25, 0.3) is 6.08 Å². The summed E-state index contributed by atoms with van der Waals surface area (Å²) in [6.45, 7) is 2.01. The number of aliphatic imine (C=N–C) groups is 1. The van der Waals surface area contributed by atoms with Crippen molar-refractivity contribution >= 4 is 35.4 Å². The minimum Gasteiger partial charge on any atom is -0.211 e. The van der Waals surface area contributed by atoms with Gasteiger partial charge in [-0.2, -0.15) is 4.99 Å². The van der Waals surface area contributed by atoms with E-state index in [1.165, 1.54) is 0 Å². The van der Waals surface area contributed by atoms with Crippen LogP contribution in [0.2, 0.25) is 10.0 Å². The largest absolute Gasteiger partial charge is 0.235 e. The average molecular weight is 346 g/mol. The van der Waals surface area contributed by atoms with E-state index >= 15 is 0 Å². The van der Waals surface area contributed by atoms with E-state index in [1.807, 2.05) is 55.5 Å². The molecule has 23 heavy (non-hydrogen) atoms. The van der Waals surface area contributed by atoms with Gasteiger partial charge in [-0.15, -0.1) is 0 Å². The summed E-state index contributed by atoms with van der Waals surface area (Å²) in [7, 11) is 0. The van der Waals surface area contributed by atoms with Gasteiger partial charge in [0.1, 0.15) is 5.54 Å². The van der Waals surface area contributed by atoms with E-state index in [1.54, 1.807) is 18.2 Å². The highest BCUT2D eigenvalue weighted by molar-refractivity contribution is 6.42. The van der Waals surface area contributed by atoms with Crippen molar-refractivity contribution in [2.24, 2.45) is 4.99 Å². The third-order valence-electron chi connectivity index (χ3n) is 3.87. The molecule has 0 aliphatic carbocycles. The van der Waals surface area contributed by atoms with Crippen molar-refractivity contribution in [3.8, 4) is 0 Å². The highest BCUT2D eigenvalue weighted by atomic mass is 35.5. The Balaban J connectivity index is 2.26. The zero-order chi connectivity index (χ0) is 16.7. The Morgan fingerprint density at radius 1 is 1.13 bits per heavy atom. The second-order valence-electron chi connectivity index (χ2n) is 5.23. The van der Waals surface area contributed by atoms with Crippen molar-refractivity contribution in [2.45, 2.75) is 25.3 Å². The molecule has 0 aliphatic heterocycles. The smallest absolute Gasteiger partial charge is 0.211 e. The lowest BCUT2D eigenvalue weighted by Gasteiger charge is -2.26. The molecule has 2 aromatic carbocycles. The molecule has 0 N–H and O–H groups in total. The van der Waals surface area contributed by atoms with Gasteiger partial charge in [0.2, 0.25) is 6.08 Å². The Hall–Kier alpha value is -1.86. The molecule has 0 saturated heterocycles. The van der Waals surface area contributed by atoms with Crippen LogP contribution >= 0.6 is 23.2 Å². The van der Waals surface area contributed by atoms with Crippen molar-refractivity contribution in [1.82, 2.24) is 0 Å². The maximum Gasteiger partial charge on any atom is 0.235 e. The fourth-order valence-electron chi connectivity index (χ4n) is 2.50. The number of nitrogens with zero attached hydrogens (tertiary/aromatic N) is 1. The zero-order valence-corrected chi connectivity index (χ0v) is 14.3. The predicted molar refractivity (Wildman–Crippen MR) is 96.6 cm³/mol. The SMILES string of the molecule is CCC(CC=Cc1ccc(Cl)c(Cl)c1)(N=C=O)c1ccccc1. The summed E-state index contributed by atoms with van der Waals surface area (Å²) in [4.78, 5) is 15.0. The van der Waals surface area contributed by atoms with Crippen LogP contribution in [0, 0.1) is 0 Å². The Labute approximate surface area is 146 Å². The maximum absolute atomic E-state index is 10.9.